The molecule has 1 aliphatic rings. The van der Waals surface area contributed by atoms with Crippen LogP contribution in [0.15, 0.2) is 79.0 Å². The van der Waals surface area contributed by atoms with Gasteiger partial charge in [-0.3, -0.25) is 9.71 Å². The van der Waals surface area contributed by atoms with Gasteiger partial charge in [0.25, 0.3) is 0 Å². The minimum Gasteiger partial charge on any atom is -0.351 e. The van der Waals surface area contributed by atoms with Crippen molar-refractivity contribution in [2.45, 2.75) is 25.9 Å². The zero-order valence-electron chi connectivity index (χ0n) is 20.5. The lowest BCUT2D eigenvalue weighted by molar-refractivity contribution is 0.565. The van der Waals surface area contributed by atoms with Crippen molar-refractivity contribution in [3.05, 3.63) is 107 Å². The van der Waals surface area contributed by atoms with Crippen LogP contribution in [-0.4, -0.2) is 29.3 Å². The highest BCUT2D eigenvalue weighted by Gasteiger charge is 2.42. The number of halogens is 1. The predicted molar refractivity (Wildman–Crippen MR) is 153 cm³/mol. The van der Waals surface area contributed by atoms with Gasteiger partial charge in [-0.25, -0.2) is 8.42 Å². The van der Waals surface area contributed by atoms with E-state index in [0.29, 0.717) is 15.8 Å². The van der Waals surface area contributed by atoms with Crippen molar-refractivity contribution in [1.82, 2.24) is 14.9 Å². The number of sulfonamides is 1. The Morgan fingerprint density at radius 2 is 1.68 bits per heavy atom. The first kappa shape index (κ1) is 25.3. The third-order valence-corrected chi connectivity index (χ3v) is 7.59. The summed E-state index contributed by atoms with van der Waals surface area (Å²) >= 11 is 12.0. The average Bonchev–Trinajstić information content (AvgIpc) is 3.35. The van der Waals surface area contributed by atoms with Crippen LogP contribution in [0.25, 0.3) is 5.69 Å². The minimum absolute atomic E-state index is 0.191. The Morgan fingerprint density at radius 1 is 1.00 bits per heavy atom. The van der Waals surface area contributed by atoms with E-state index in [1.165, 1.54) is 0 Å². The fraction of sp³-hybridized carbons (Fsp3) is 0.185. The number of hydrogen-bond donors (Lipinski definition) is 2. The van der Waals surface area contributed by atoms with E-state index in [9.17, 15) is 8.42 Å². The van der Waals surface area contributed by atoms with E-state index in [4.69, 9.17) is 23.8 Å². The Morgan fingerprint density at radius 3 is 2.30 bits per heavy atom. The maximum absolute atomic E-state index is 11.7. The van der Waals surface area contributed by atoms with Gasteiger partial charge >= 0.3 is 0 Å². The summed E-state index contributed by atoms with van der Waals surface area (Å²) in [6.45, 7) is 4.18. The number of nitrogens with zero attached hydrogens (tertiary/aromatic N) is 3. The number of thiocarbonyl (C=S) groups is 1. The molecule has 5 rings (SSSR count). The van der Waals surface area contributed by atoms with Gasteiger partial charge in [-0.15, -0.1) is 0 Å². The molecule has 0 spiro atoms. The summed E-state index contributed by atoms with van der Waals surface area (Å²) < 4.78 is 28.1. The van der Waals surface area contributed by atoms with Crippen molar-refractivity contribution in [3.8, 4) is 5.69 Å². The Bertz CT molecular complexity index is 1550. The monoisotopic (exact) mass is 551 g/mol. The molecule has 2 aromatic carbocycles. The lowest BCUT2D eigenvalue weighted by Gasteiger charge is -2.28. The lowest BCUT2D eigenvalue weighted by Crippen LogP contribution is -2.29. The van der Waals surface area contributed by atoms with Crippen LogP contribution in [0, 0.1) is 13.8 Å². The molecule has 1 aliphatic heterocycles. The largest absolute Gasteiger partial charge is 0.351 e. The molecule has 2 atom stereocenters. The van der Waals surface area contributed by atoms with Gasteiger partial charge in [0.05, 0.1) is 24.0 Å². The Labute approximate surface area is 227 Å². The first-order chi connectivity index (χ1) is 17.6. The van der Waals surface area contributed by atoms with Gasteiger partial charge < -0.3 is 14.8 Å². The van der Waals surface area contributed by atoms with Crippen LogP contribution < -0.4 is 14.9 Å². The fourth-order valence-electron chi connectivity index (χ4n) is 4.93. The highest BCUT2D eigenvalue weighted by atomic mass is 35.5. The van der Waals surface area contributed by atoms with E-state index in [1.807, 2.05) is 54.6 Å². The first-order valence-corrected chi connectivity index (χ1v) is 14.3. The number of aromatic nitrogens is 2. The quantitative estimate of drug-likeness (QED) is 0.300. The first-order valence-electron chi connectivity index (χ1n) is 11.7. The molecule has 1 fully saturated rings. The van der Waals surface area contributed by atoms with Crippen molar-refractivity contribution in [2.24, 2.45) is 0 Å². The molecule has 0 aliphatic carbocycles. The molecule has 0 amide bonds. The SMILES string of the molecule is Cc1cc([C@H]2[C@@H](c3ccccn3)NC(=S)N2c2ccc(NS(C)(=O)=O)cc2)c(C)n1-c1ccc(Cl)cc1. The van der Waals surface area contributed by atoms with Crippen LogP contribution in [0.3, 0.4) is 0 Å². The summed E-state index contributed by atoms with van der Waals surface area (Å²) in [4.78, 5) is 6.71. The Kier molecular flexibility index (Phi) is 6.70. The molecule has 0 unspecified atom stereocenters. The molecule has 10 heteroatoms. The number of aryl methyl sites for hydroxylation is 1. The van der Waals surface area contributed by atoms with Crippen LogP contribution in [0.1, 0.15) is 34.7 Å². The molecule has 190 valence electrons. The number of anilines is 2. The van der Waals surface area contributed by atoms with Gasteiger partial charge in [0.15, 0.2) is 5.11 Å². The fourth-order valence-corrected chi connectivity index (χ4v) is 5.96. The summed E-state index contributed by atoms with van der Waals surface area (Å²) in [7, 11) is -3.38. The minimum atomic E-state index is -3.38. The molecule has 3 heterocycles. The topological polar surface area (TPSA) is 79.3 Å². The Balaban J connectivity index is 1.62. The van der Waals surface area contributed by atoms with Gasteiger partial charge in [-0.2, -0.15) is 0 Å². The van der Waals surface area contributed by atoms with Crippen molar-refractivity contribution < 1.29 is 8.42 Å². The number of pyridine rings is 1. The number of nitrogens with one attached hydrogen (secondary N) is 2. The third kappa shape index (κ3) is 5.07. The molecule has 0 radical (unpaired) electrons. The van der Waals surface area contributed by atoms with Crippen LogP contribution in [0.4, 0.5) is 11.4 Å². The van der Waals surface area contributed by atoms with E-state index in [1.54, 1.807) is 18.3 Å². The van der Waals surface area contributed by atoms with E-state index in [-0.39, 0.29) is 12.1 Å². The van der Waals surface area contributed by atoms with E-state index < -0.39 is 10.0 Å². The second kappa shape index (κ2) is 9.81. The molecule has 2 aromatic heterocycles. The number of benzene rings is 2. The van der Waals surface area contributed by atoms with Crippen LogP contribution in [0.5, 0.6) is 0 Å². The van der Waals surface area contributed by atoms with Crippen LogP contribution in [-0.2, 0) is 10.0 Å². The molecule has 7 nitrogen and oxygen atoms in total. The molecular formula is C27H26ClN5O2S2. The standard InChI is InChI=1S/C27H26ClN5O2S2/c1-17-16-23(18(2)32(17)21-11-7-19(28)8-12-21)26-25(24-6-4-5-15-29-24)30-27(36)33(26)22-13-9-20(10-14-22)31-37(3,34)35/h4-16,25-26,31H,1-3H3,(H,30,36)/t25-,26+/m1/s1. The molecule has 0 bridgehead atoms. The molecule has 37 heavy (non-hydrogen) atoms. The second-order valence-electron chi connectivity index (χ2n) is 9.06. The summed E-state index contributed by atoms with van der Waals surface area (Å²) in [5.74, 6) is 0. The third-order valence-electron chi connectivity index (χ3n) is 6.42. The molecular weight excluding hydrogens is 526 g/mol. The van der Waals surface area contributed by atoms with Gasteiger partial charge in [0.1, 0.15) is 0 Å². The normalized spacial score (nSPS) is 17.6. The average molecular weight is 552 g/mol. The summed E-state index contributed by atoms with van der Waals surface area (Å²) in [5.41, 5.74) is 6.51. The zero-order chi connectivity index (χ0) is 26.3. The van der Waals surface area contributed by atoms with Crippen molar-refractivity contribution in [3.63, 3.8) is 0 Å². The summed E-state index contributed by atoms with van der Waals surface area (Å²) in [6, 6.07) is 22.7. The van der Waals surface area contributed by atoms with Crippen LogP contribution in [0.2, 0.25) is 5.02 Å². The summed E-state index contributed by atoms with van der Waals surface area (Å²) in [6.07, 6.45) is 2.91. The van der Waals surface area contributed by atoms with Gasteiger partial charge in [0.2, 0.25) is 10.0 Å². The highest BCUT2D eigenvalue weighted by Crippen LogP contribution is 2.44. The van der Waals surface area contributed by atoms with Gasteiger partial charge in [0, 0.05) is 39.7 Å². The molecule has 2 N–H and O–H groups in total. The predicted octanol–water partition coefficient (Wildman–Crippen LogP) is 5.69. The smallest absolute Gasteiger partial charge is 0.229 e. The molecule has 1 saturated heterocycles. The number of rotatable bonds is 6. The van der Waals surface area contributed by atoms with Crippen molar-refractivity contribution >= 4 is 50.3 Å². The summed E-state index contributed by atoms with van der Waals surface area (Å²) in [5, 5.41) is 4.74. The van der Waals surface area contributed by atoms with Gasteiger partial charge in [-0.05, 0) is 98.4 Å². The molecule has 0 saturated carbocycles. The second-order valence-corrected chi connectivity index (χ2v) is 11.6. The lowest BCUT2D eigenvalue weighted by atomic mass is 9.96. The Hall–Kier alpha value is -3.40. The van der Waals surface area contributed by atoms with Crippen molar-refractivity contribution in [1.29, 1.82) is 0 Å². The molecule has 4 aromatic rings. The highest BCUT2D eigenvalue weighted by molar-refractivity contribution is 7.92. The van der Waals surface area contributed by atoms with Crippen molar-refractivity contribution in [2.75, 3.05) is 15.9 Å². The van der Waals surface area contributed by atoms with Gasteiger partial charge in [-0.1, -0.05) is 17.7 Å². The van der Waals surface area contributed by atoms with E-state index >= 15 is 0 Å². The number of hydrogen-bond acceptors (Lipinski definition) is 4. The maximum Gasteiger partial charge on any atom is 0.229 e. The van der Waals surface area contributed by atoms with E-state index in [0.717, 1.165) is 40.3 Å². The maximum atomic E-state index is 11.7. The zero-order valence-corrected chi connectivity index (χ0v) is 22.9. The van der Waals surface area contributed by atoms with E-state index in [2.05, 4.69) is 44.4 Å². The van der Waals surface area contributed by atoms with Crippen LogP contribution >= 0.6 is 23.8 Å².